The van der Waals surface area contributed by atoms with Crippen LogP contribution in [0.1, 0.15) is 18.9 Å². The maximum atomic E-state index is 4.58. The average Bonchev–Trinajstić information content (AvgIpc) is 2.44. The van der Waals surface area contributed by atoms with Gasteiger partial charge < -0.3 is 15.5 Å². The third-order valence-electron chi connectivity index (χ3n) is 2.93. The minimum Gasteiger partial charge on any atom is -0.357 e. The summed E-state index contributed by atoms with van der Waals surface area (Å²) in [5.41, 5.74) is 1.35. The van der Waals surface area contributed by atoms with Gasteiger partial charge in [-0.1, -0.05) is 30.3 Å². The van der Waals surface area contributed by atoms with Crippen LogP contribution in [-0.4, -0.2) is 51.1 Å². The van der Waals surface area contributed by atoms with E-state index in [2.05, 4.69) is 65.8 Å². The Morgan fingerprint density at radius 3 is 2.48 bits per heavy atom. The Hall–Kier alpha value is -0.820. The maximum Gasteiger partial charge on any atom is 0.191 e. The van der Waals surface area contributed by atoms with Gasteiger partial charge in [0, 0.05) is 19.6 Å². The quantitative estimate of drug-likeness (QED) is 0.303. The minimum absolute atomic E-state index is 0. The number of aliphatic imine (C=N–C) groups is 1. The monoisotopic (exact) mass is 404 g/mol. The van der Waals surface area contributed by atoms with E-state index in [1.54, 1.807) is 0 Å². The summed E-state index contributed by atoms with van der Waals surface area (Å²) in [6.45, 7) is 5.83. The lowest BCUT2D eigenvalue weighted by atomic mass is 10.1. The molecule has 1 rings (SSSR count). The second-order valence-electron chi connectivity index (χ2n) is 5.08. The average molecular weight is 404 g/mol. The van der Waals surface area contributed by atoms with Crippen LogP contribution < -0.4 is 10.6 Å². The van der Waals surface area contributed by atoms with Gasteiger partial charge in [-0.15, -0.1) is 24.0 Å². The summed E-state index contributed by atoms with van der Waals surface area (Å²) in [5, 5.41) is 6.66. The Kier molecular flexibility index (Phi) is 12.4. The van der Waals surface area contributed by atoms with Crippen molar-refractivity contribution < 1.29 is 0 Å². The molecule has 0 heterocycles. The van der Waals surface area contributed by atoms with Crippen LogP contribution in [0, 0.1) is 0 Å². The second-order valence-corrected chi connectivity index (χ2v) is 5.08. The number of rotatable bonds is 8. The molecule has 0 amide bonds. The lowest BCUT2D eigenvalue weighted by Gasteiger charge is -2.12. The van der Waals surface area contributed by atoms with Gasteiger partial charge in [0.25, 0.3) is 0 Å². The van der Waals surface area contributed by atoms with Gasteiger partial charge in [-0.25, -0.2) is 0 Å². The van der Waals surface area contributed by atoms with E-state index in [4.69, 9.17) is 0 Å². The highest BCUT2D eigenvalue weighted by atomic mass is 127. The Morgan fingerprint density at radius 2 is 1.86 bits per heavy atom. The van der Waals surface area contributed by atoms with Crippen molar-refractivity contribution >= 4 is 29.9 Å². The second kappa shape index (κ2) is 12.9. The summed E-state index contributed by atoms with van der Waals surface area (Å²) in [6.07, 6.45) is 2.10. The number of halogens is 1. The number of hydrogen-bond donors (Lipinski definition) is 2. The fourth-order valence-corrected chi connectivity index (χ4v) is 1.89. The van der Waals surface area contributed by atoms with Crippen LogP contribution in [0.4, 0.5) is 0 Å². The molecule has 0 radical (unpaired) electrons. The molecule has 0 aliphatic carbocycles. The maximum absolute atomic E-state index is 4.58. The zero-order valence-electron chi connectivity index (χ0n) is 13.4. The van der Waals surface area contributed by atoms with Crippen LogP contribution in [0.15, 0.2) is 35.3 Å². The highest BCUT2D eigenvalue weighted by molar-refractivity contribution is 14.0. The molecular formula is C16H29IN4. The first-order chi connectivity index (χ1) is 9.72. The lowest BCUT2D eigenvalue weighted by Crippen LogP contribution is -2.38. The predicted molar refractivity (Wildman–Crippen MR) is 103 cm³/mol. The Balaban J connectivity index is 0.00000400. The Labute approximate surface area is 146 Å². The molecule has 0 unspecified atom stereocenters. The summed E-state index contributed by atoms with van der Waals surface area (Å²) in [7, 11) is 4.18. The smallest absolute Gasteiger partial charge is 0.191 e. The van der Waals surface area contributed by atoms with E-state index < -0.39 is 0 Å². The van der Waals surface area contributed by atoms with Gasteiger partial charge in [0.05, 0.1) is 0 Å². The molecule has 0 atom stereocenters. The van der Waals surface area contributed by atoms with Crippen molar-refractivity contribution in [3.05, 3.63) is 35.9 Å². The molecule has 0 aromatic heterocycles. The Morgan fingerprint density at radius 1 is 1.14 bits per heavy atom. The summed E-state index contributed by atoms with van der Waals surface area (Å²) >= 11 is 0. The highest BCUT2D eigenvalue weighted by Gasteiger charge is 1.97. The van der Waals surface area contributed by atoms with E-state index in [0.29, 0.717) is 0 Å². The molecule has 5 heteroatoms. The molecule has 2 N–H and O–H groups in total. The van der Waals surface area contributed by atoms with E-state index in [9.17, 15) is 0 Å². The van der Waals surface area contributed by atoms with Crippen molar-refractivity contribution in [2.75, 3.05) is 40.3 Å². The summed E-state index contributed by atoms with van der Waals surface area (Å²) in [5.74, 6) is 0.919. The molecule has 0 bridgehead atoms. The van der Waals surface area contributed by atoms with Crippen molar-refractivity contribution in [2.24, 2.45) is 4.99 Å². The van der Waals surface area contributed by atoms with Crippen molar-refractivity contribution in [3.63, 3.8) is 0 Å². The van der Waals surface area contributed by atoms with Crippen LogP contribution in [0.2, 0.25) is 0 Å². The zero-order chi connectivity index (χ0) is 14.6. The lowest BCUT2D eigenvalue weighted by molar-refractivity contribution is 0.403. The van der Waals surface area contributed by atoms with E-state index in [1.807, 2.05) is 6.07 Å². The zero-order valence-corrected chi connectivity index (χ0v) is 15.8. The number of benzene rings is 1. The molecule has 120 valence electrons. The summed E-state index contributed by atoms with van der Waals surface area (Å²) < 4.78 is 0. The molecule has 21 heavy (non-hydrogen) atoms. The van der Waals surface area contributed by atoms with Gasteiger partial charge in [0.2, 0.25) is 0 Å². The van der Waals surface area contributed by atoms with Gasteiger partial charge in [-0.2, -0.15) is 0 Å². The van der Waals surface area contributed by atoms with Gasteiger partial charge in [0.15, 0.2) is 5.96 Å². The van der Waals surface area contributed by atoms with Crippen LogP contribution in [0.3, 0.4) is 0 Å². The third kappa shape index (κ3) is 10.5. The van der Waals surface area contributed by atoms with Crippen LogP contribution >= 0.6 is 24.0 Å². The fraction of sp³-hybridized carbons (Fsp3) is 0.562. The number of nitrogens with one attached hydrogen (secondary N) is 2. The standard InChI is InChI=1S/C16H28N4.HI/c1-4-17-16(18-12-8-14-20(2)3)19-13-11-15-9-6-5-7-10-15;/h5-7,9-10H,4,8,11-14H2,1-3H3,(H2,17,18,19);1H. The van der Waals surface area contributed by atoms with E-state index in [-0.39, 0.29) is 24.0 Å². The molecule has 1 aromatic carbocycles. The molecule has 0 aliphatic rings. The van der Waals surface area contributed by atoms with Crippen LogP contribution in [-0.2, 0) is 6.42 Å². The first-order valence-electron chi connectivity index (χ1n) is 7.43. The fourth-order valence-electron chi connectivity index (χ4n) is 1.89. The summed E-state index contributed by atoms with van der Waals surface area (Å²) in [6, 6.07) is 10.5. The molecule has 4 nitrogen and oxygen atoms in total. The number of hydrogen-bond acceptors (Lipinski definition) is 2. The Bertz CT molecular complexity index is 379. The molecule has 0 saturated carbocycles. The SMILES string of the molecule is CCNC(=NCCCN(C)C)NCCc1ccccc1.I. The van der Waals surface area contributed by atoms with Crippen molar-refractivity contribution in [1.29, 1.82) is 0 Å². The third-order valence-corrected chi connectivity index (χ3v) is 2.93. The highest BCUT2D eigenvalue weighted by Crippen LogP contribution is 1.98. The number of guanidine groups is 1. The van der Waals surface area contributed by atoms with Gasteiger partial charge in [0.1, 0.15) is 0 Å². The van der Waals surface area contributed by atoms with E-state index in [1.165, 1.54) is 5.56 Å². The first-order valence-corrected chi connectivity index (χ1v) is 7.43. The normalized spacial score (nSPS) is 11.1. The van der Waals surface area contributed by atoms with Gasteiger partial charge in [-0.3, -0.25) is 4.99 Å². The molecule has 0 fully saturated rings. The van der Waals surface area contributed by atoms with Gasteiger partial charge >= 0.3 is 0 Å². The van der Waals surface area contributed by atoms with Crippen molar-refractivity contribution in [3.8, 4) is 0 Å². The van der Waals surface area contributed by atoms with Crippen LogP contribution in [0.5, 0.6) is 0 Å². The predicted octanol–water partition coefficient (Wildman–Crippen LogP) is 2.35. The van der Waals surface area contributed by atoms with Crippen molar-refractivity contribution in [1.82, 2.24) is 15.5 Å². The van der Waals surface area contributed by atoms with Gasteiger partial charge in [-0.05, 0) is 46.0 Å². The minimum atomic E-state index is 0. The van der Waals surface area contributed by atoms with E-state index in [0.717, 1.165) is 45.0 Å². The topological polar surface area (TPSA) is 39.7 Å². The molecule has 1 aromatic rings. The molecule has 0 spiro atoms. The van der Waals surface area contributed by atoms with Crippen molar-refractivity contribution in [2.45, 2.75) is 19.8 Å². The summed E-state index contributed by atoms with van der Waals surface area (Å²) in [4.78, 5) is 6.77. The first kappa shape index (κ1) is 20.2. The molecule has 0 saturated heterocycles. The largest absolute Gasteiger partial charge is 0.357 e. The van der Waals surface area contributed by atoms with E-state index >= 15 is 0 Å². The molecule has 0 aliphatic heterocycles. The van der Waals surface area contributed by atoms with Crippen LogP contribution in [0.25, 0.3) is 0 Å². The number of nitrogens with zero attached hydrogens (tertiary/aromatic N) is 2. The molecular weight excluding hydrogens is 375 g/mol.